The Morgan fingerprint density at radius 3 is 2.31 bits per heavy atom. The van der Waals surface area contributed by atoms with Crippen molar-refractivity contribution in [1.29, 1.82) is 0 Å². The van der Waals surface area contributed by atoms with E-state index in [1.807, 2.05) is 6.92 Å². The lowest BCUT2D eigenvalue weighted by atomic mass is 10.1. The SMILES string of the molecule is Cc1ccc(NS(=O)(=O)c2cc([N+](=O)[O-])ccc2N/N=C/c2cc(Cl)cc([N+](=O)[O-])c2O)c(C)c1. The van der Waals surface area contributed by atoms with Gasteiger partial charge in [0.15, 0.2) is 0 Å². The molecule has 0 aliphatic heterocycles. The lowest BCUT2D eigenvalue weighted by Gasteiger charge is -2.14. The Hall–Kier alpha value is -4.23. The van der Waals surface area contributed by atoms with E-state index >= 15 is 0 Å². The summed E-state index contributed by atoms with van der Waals surface area (Å²) >= 11 is 5.84. The first-order valence-corrected chi connectivity index (χ1v) is 11.6. The van der Waals surface area contributed by atoms with E-state index in [1.54, 1.807) is 25.1 Å². The second-order valence-electron chi connectivity index (χ2n) is 7.35. The van der Waals surface area contributed by atoms with Crippen LogP contribution in [0.15, 0.2) is 58.5 Å². The van der Waals surface area contributed by atoms with E-state index in [-0.39, 0.29) is 22.0 Å². The van der Waals surface area contributed by atoms with Crippen LogP contribution in [-0.4, -0.2) is 29.6 Å². The zero-order valence-electron chi connectivity index (χ0n) is 18.2. The second-order valence-corrected chi connectivity index (χ2v) is 9.44. The topological polar surface area (TPSA) is 177 Å². The average Bonchev–Trinajstić information content (AvgIpc) is 2.77. The van der Waals surface area contributed by atoms with E-state index in [2.05, 4.69) is 15.2 Å². The van der Waals surface area contributed by atoms with Crippen molar-refractivity contribution in [2.24, 2.45) is 5.10 Å². The number of phenols is 1. The molecule has 0 spiro atoms. The number of nitro benzene ring substituents is 2. The predicted molar refractivity (Wildman–Crippen MR) is 131 cm³/mol. The highest BCUT2D eigenvalue weighted by atomic mass is 35.5. The molecule has 0 amide bonds. The van der Waals surface area contributed by atoms with Crippen LogP contribution >= 0.6 is 11.6 Å². The Morgan fingerprint density at radius 2 is 1.69 bits per heavy atom. The number of hydrogen-bond donors (Lipinski definition) is 3. The van der Waals surface area contributed by atoms with Crippen LogP contribution in [0.25, 0.3) is 0 Å². The first-order chi connectivity index (χ1) is 16.4. The number of sulfonamides is 1. The Morgan fingerprint density at radius 1 is 1.00 bits per heavy atom. The van der Waals surface area contributed by atoms with Crippen molar-refractivity contribution in [3.05, 3.63) is 90.5 Å². The normalized spacial score (nSPS) is 11.4. The number of benzene rings is 3. The zero-order valence-corrected chi connectivity index (χ0v) is 19.8. The number of hydrogen-bond acceptors (Lipinski definition) is 9. The number of phenolic OH excluding ortho intramolecular Hbond substituents is 1. The van der Waals surface area contributed by atoms with Crippen molar-refractivity contribution in [1.82, 2.24) is 0 Å². The van der Waals surface area contributed by atoms with Gasteiger partial charge in [-0.3, -0.25) is 30.4 Å². The number of aromatic hydroxyl groups is 1. The lowest BCUT2D eigenvalue weighted by Crippen LogP contribution is -2.16. The largest absolute Gasteiger partial charge is 0.502 e. The van der Waals surface area contributed by atoms with Gasteiger partial charge >= 0.3 is 5.69 Å². The highest BCUT2D eigenvalue weighted by Crippen LogP contribution is 2.33. The van der Waals surface area contributed by atoms with Gasteiger partial charge in [-0.2, -0.15) is 5.10 Å². The van der Waals surface area contributed by atoms with E-state index < -0.39 is 41.9 Å². The smallest absolute Gasteiger partial charge is 0.312 e. The Balaban J connectivity index is 2.00. The number of halogens is 1. The molecule has 35 heavy (non-hydrogen) atoms. The third-order valence-electron chi connectivity index (χ3n) is 4.76. The molecular weight excluding hydrogens is 502 g/mol. The highest BCUT2D eigenvalue weighted by molar-refractivity contribution is 7.92. The quantitative estimate of drug-likeness (QED) is 0.217. The van der Waals surface area contributed by atoms with Gasteiger partial charge in [0.2, 0.25) is 5.75 Å². The Kier molecular flexibility index (Phi) is 7.22. The first kappa shape index (κ1) is 25.4. The lowest BCUT2D eigenvalue weighted by molar-refractivity contribution is -0.385. The van der Waals surface area contributed by atoms with E-state index in [0.717, 1.165) is 36.0 Å². The molecule has 182 valence electrons. The third kappa shape index (κ3) is 5.83. The minimum Gasteiger partial charge on any atom is -0.502 e. The summed E-state index contributed by atoms with van der Waals surface area (Å²) in [5.74, 6) is -0.696. The molecule has 0 aromatic heterocycles. The molecule has 12 nitrogen and oxygen atoms in total. The number of nitrogens with zero attached hydrogens (tertiary/aromatic N) is 3. The molecule has 0 atom stereocenters. The maximum Gasteiger partial charge on any atom is 0.312 e. The standard InChI is InChI=1S/C21H18ClN5O7S/c1-12-3-5-17(13(2)7-12)25-35(33,34)20-10-16(26(29)30)4-6-18(20)24-23-11-14-8-15(22)9-19(21(14)28)27(31)32/h3-11,24-25,28H,1-2H3/b23-11+. The zero-order chi connectivity index (χ0) is 25.9. The summed E-state index contributed by atoms with van der Waals surface area (Å²) in [4.78, 5) is 20.3. The maximum absolute atomic E-state index is 13.1. The maximum atomic E-state index is 13.1. The molecule has 0 aliphatic carbocycles. The second kappa shape index (κ2) is 9.95. The van der Waals surface area contributed by atoms with Crippen LogP contribution in [0.5, 0.6) is 5.75 Å². The number of non-ortho nitro benzene ring substituents is 1. The molecule has 3 aromatic carbocycles. The van der Waals surface area contributed by atoms with Crippen LogP contribution in [0.1, 0.15) is 16.7 Å². The molecule has 0 saturated carbocycles. The monoisotopic (exact) mass is 519 g/mol. The van der Waals surface area contributed by atoms with Crippen molar-refractivity contribution in [3.8, 4) is 5.75 Å². The van der Waals surface area contributed by atoms with Crippen molar-refractivity contribution >= 4 is 50.6 Å². The summed E-state index contributed by atoms with van der Waals surface area (Å²) in [5.41, 5.74) is 2.94. The average molecular weight is 520 g/mol. The molecule has 0 unspecified atom stereocenters. The minimum absolute atomic E-state index is 0.0350. The van der Waals surface area contributed by atoms with Gasteiger partial charge in [0.1, 0.15) is 4.90 Å². The van der Waals surface area contributed by atoms with Gasteiger partial charge in [-0.15, -0.1) is 0 Å². The fraction of sp³-hybridized carbons (Fsp3) is 0.0952. The van der Waals surface area contributed by atoms with E-state index in [4.69, 9.17) is 11.6 Å². The third-order valence-corrected chi connectivity index (χ3v) is 6.38. The van der Waals surface area contributed by atoms with Crippen LogP contribution in [0.4, 0.5) is 22.7 Å². The van der Waals surface area contributed by atoms with Crippen LogP contribution < -0.4 is 10.1 Å². The molecule has 0 fully saturated rings. The van der Waals surface area contributed by atoms with Crippen LogP contribution in [0, 0.1) is 34.1 Å². The molecule has 3 aromatic rings. The molecular formula is C21H18ClN5O7S. The molecule has 3 rings (SSSR count). The van der Waals surface area contributed by atoms with Crippen LogP contribution in [0.3, 0.4) is 0 Å². The molecule has 14 heteroatoms. The fourth-order valence-corrected chi connectivity index (χ4v) is 4.61. The van der Waals surface area contributed by atoms with Gasteiger partial charge in [-0.05, 0) is 37.6 Å². The van der Waals surface area contributed by atoms with Gasteiger partial charge < -0.3 is 5.11 Å². The van der Waals surface area contributed by atoms with Crippen LogP contribution in [-0.2, 0) is 10.0 Å². The van der Waals surface area contributed by atoms with Gasteiger partial charge in [0, 0.05) is 28.8 Å². The van der Waals surface area contributed by atoms with E-state index in [1.165, 1.54) is 6.07 Å². The molecule has 0 aliphatic rings. The van der Waals surface area contributed by atoms with Crippen molar-refractivity contribution in [3.63, 3.8) is 0 Å². The number of nitro groups is 2. The summed E-state index contributed by atoms with van der Waals surface area (Å²) in [7, 11) is -4.31. The predicted octanol–water partition coefficient (Wildman–Crippen LogP) is 4.73. The molecule has 3 N–H and O–H groups in total. The van der Waals surface area contributed by atoms with Crippen LogP contribution in [0.2, 0.25) is 5.02 Å². The molecule has 0 saturated heterocycles. The summed E-state index contributed by atoms with van der Waals surface area (Å²) in [6.45, 7) is 3.55. The molecule has 0 bridgehead atoms. The number of rotatable bonds is 8. The van der Waals surface area contributed by atoms with Gasteiger partial charge in [0.05, 0.1) is 27.4 Å². The van der Waals surface area contributed by atoms with Gasteiger partial charge in [-0.1, -0.05) is 29.3 Å². The Bertz CT molecular complexity index is 1480. The van der Waals surface area contributed by atoms with E-state index in [0.29, 0.717) is 5.56 Å². The minimum atomic E-state index is -4.31. The first-order valence-electron chi connectivity index (χ1n) is 9.73. The van der Waals surface area contributed by atoms with Crippen molar-refractivity contribution in [2.75, 3.05) is 10.1 Å². The fourth-order valence-electron chi connectivity index (χ4n) is 3.08. The Labute approximate surface area is 204 Å². The number of anilines is 2. The summed E-state index contributed by atoms with van der Waals surface area (Å²) in [5, 5.41) is 36.2. The molecule has 0 heterocycles. The number of hydrazone groups is 1. The van der Waals surface area contributed by atoms with Gasteiger partial charge in [0.25, 0.3) is 15.7 Å². The number of nitrogens with one attached hydrogen (secondary N) is 2. The van der Waals surface area contributed by atoms with Gasteiger partial charge in [-0.25, -0.2) is 8.42 Å². The summed E-state index contributed by atoms with van der Waals surface area (Å²) in [6, 6.07) is 10.3. The number of aryl methyl sites for hydroxylation is 2. The van der Waals surface area contributed by atoms with E-state index in [9.17, 15) is 33.8 Å². The summed E-state index contributed by atoms with van der Waals surface area (Å²) < 4.78 is 28.7. The van der Waals surface area contributed by atoms with Crippen molar-refractivity contribution in [2.45, 2.75) is 18.7 Å². The van der Waals surface area contributed by atoms with Crippen molar-refractivity contribution < 1.29 is 23.4 Å². The summed E-state index contributed by atoms with van der Waals surface area (Å²) in [6.07, 6.45) is 0.990. The highest BCUT2D eigenvalue weighted by Gasteiger charge is 2.23. The molecule has 0 radical (unpaired) electrons.